The second-order valence-electron chi connectivity index (χ2n) is 4.92. The molecular weight excluding hydrogens is 248 g/mol. The molecule has 0 amide bonds. The lowest BCUT2D eigenvalue weighted by atomic mass is 10.1. The molecule has 16 heavy (non-hydrogen) atoms. The van der Waals surface area contributed by atoms with Crippen LogP contribution in [0.4, 0.5) is 0 Å². The van der Waals surface area contributed by atoms with Crippen molar-refractivity contribution >= 4 is 21.8 Å². The maximum Gasteiger partial charge on any atom is 0.279 e. The number of hydrogen-bond donors (Lipinski definition) is 1. The summed E-state index contributed by atoms with van der Waals surface area (Å²) >= 11 is 5.82. The first-order chi connectivity index (χ1) is 7.58. The quantitative estimate of drug-likeness (QED) is 0.763. The summed E-state index contributed by atoms with van der Waals surface area (Å²) in [5, 5.41) is 0. The molecule has 0 bridgehead atoms. The number of hydrogen-bond acceptors (Lipinski definition) is 2. The van der Waals surface area contributed by atoms with Gasteiger partial charge in [0.1, 0.15) is 0 Å². The molecule has 0 unspecified atom stereocenters. The van der Waals surface area contributed by atoms with Crippen molar-refractivity contribution in [2.24, 2.45) is 5.41 Å². The summed E-state index contributed by atoms with van der Waals surface area (Å²) in [5.41, 5.74) is 0.0460. The molecular formula is C10H19ClN2O2S. The van der Waals surface area contributed by atoms with Crippen molar-refractivity contribution in [3.63, 3.8) is 0 Å². The van der Waals surface area contributed by atoms with Crippen molar-refractivity contribution in [3.05, 3.63) is 0 Å². The summed E-state index contributed by atoms with van der Waals surface area (Å²) in [4.78, 5) is 0. The number of nitrogens with zero attached hydrogens (tertiary/aromatic N) is 1. The second-order valence-corrected chi connectivity index (χ2v) is 6.94. The lowest BCUT2D eigenvalue weighted by molar-refractivity contribution is 0.339. The Morgan fingerprint density at radius 1 is 1.19 bits per heavy atom. The Balaban J connectivity index is 1.87. The Labute approximate surface area is 103 Å². The van der Waals surface area contributed by atoms with E-state index >= 15 is 0 Å². The van der Waals surface area contributed by atoms with Gasteiger partial charge in [-0.2, -0.15) is 12.7 Å². The number of nitrogens with one attached hydrogen (secondary N) is 1. The van der Waals surface area contributed by atoms with Crippen LogP contribution in [0, 0.1) is 5.41 Å². The van der Waals surface area contributed by atoms with Crippen LogP contribution in [-0.2, 0) is 10.2 Å². The smallest absolute Gasteiger partial charge is 0.202 e. The summed E-state index contributed by atoms with van der Waals surface area (Å²) in [7, 11) is -3.26. The Hall–Kier alpha value is 0.160. The van der Waals surface area contributed by atoms with E-state index in [0.717, 1.165) is 32.1 Å². The molecule has 0 aromatic carbocycles. The summed E-state index contributed by atoms with van der Waals surface area (Å²) < 4.78 is 28.1. The maximum atomic E-state index is 11.9. The van der Waals surface area contributed by atoms with Crippen LogP contribution in [-0.4, -0.2) is 38.2 Å². The standard InChI is InChI=1S/C10H19ClN2O2S/c11-8-10(4-5-10)9-12-16(14,15)13-6-2-1-3-7-13/h12H,1-9H2. The molecule has 1 heterocycles. The van der Waals surface area contributed by atoms with Gasteiger partial charge < -0.3 is 0 Å². The third-order valence-electron chi connectivity index (χ3n) is 3.53. The molecule has 0 radical (unpaired) electrons. The molecule has 0 spiro atoms. The van der Waals surface area contributed by atoms with Crippen LogP contribution < -0.4 is 4.72 Å². The van der Waals surface area contributed by atoms with E-state index in [9.17, 15) is 8.42 Å². The Morgan fingerprint density at radius 3 is 2.31 bits per heavy atom. The van der Waals surface area contributed by atoms with Crippen LogP contribution in [0.5, 0.6) is 0 Å². The lowest BCUT2D eigenvalue weighted by Gasteiger charge is -2.26. The minimum Gasteiger partial charge on any atom is -0.202 e. The zero-order valence-electron chi connectivity index (χ0n) is 9.41. The first-order valence-electron chi connectivity index (χ1n) is 5.89. The monoisotopic (exact) mass is 266 g/mol. The zero-order valence-corrected chi connectivity index (χ0v) is 11.0. The van der Waals surface area contributed by atoms with Crippen molar-refractivity contribution in [2.45, 2.75) is 32.1 Å². The van der Waals surface area contributed by atoms with E-state index < -0.39 is 10.2 Å². The Bertz CT molecular complexity index is 335. The molecule has 1 N–H and O–H groups in total. The number of halogens is 1. The molecule has 1 aliphatic heterocycles. The largest absolute Gasteiger partial charge is 0.279 e. The van der Waals surface area contributed by atoms with E-state index in [4.69, 9.17) is 11.6 Å². The zero-order chi connectivity index (χ0) is 11.6. The Morgan fingerprint density at radius 2 is 1.81 bits per heavy atom. The van der Waals surface area contributed by atoms with Crippen LogP contribution in [0.2, 0.25) is 0 Å². The average Bonchev–Trinajstić information content (AvgIpc) is 3.09. The van der Waals surface area contributed by atoms with E-state index in [2.05, 4.69) is 4.72 Å². The van der Waals surface area contributed by atoms with Gasteiger partial charge in [0.15, 0.2) is 0 Å². The molecule has 0 atom stereocenters. The van der Waals surface area contributed by atoms with Crippen molar-refractivity contribution in [1.29, 1.82) is 0 Å². The van der Waals surface area contributed by atoms with Gasteiger partial charge >= 0.3 is 0 Å². The van der Waals surface area contributed by atoms with E-state index in [1.54, 1.807) is 4.31 Å². The van der Waals surface area contributed by atoms with Crippen LogP contribution in [0.25, 0.3) is 0 Å². The Kier molecular flexibility index (Phi) is 3.79. The number of rotatable bonds is 5. The first-order valence-corrected chi connectivity index (χ1v) is 7.86. The normalized spacial score (nSPS) is 25.6. The van der Waals surface area contributed by atoms with Crippen LogP contribution in [0.1, 0.15) is 32.1 Å². The predicted octanol–water partition coefficient (Wildman–Crippen LogP) is 1.33. The summed E-state index contributed by atoms with van der Waals surface area (Å²) in [6, 6.07) is 0. The van der Waals surface area contributed by atoms with E-state index in [0.29, 0.717) is 25.5 Å². The highest BCUT2D eigenvalue weighted by atomic mass is 35.5. The van der Waals surface area contributed by atoms with Gasteiger partial charge in [0.05, 0.1) is 0 Å². The van der Waals surface area contributed by atoms with E-state index in [1.165, 1.54) is 0 Å². The fourth-order valence-corrected chi connectivity index (χ4v) is 3.75. The highest BCUT2D eigenvalue weighted by Crippen LogP contribution is 2.46. The van der Waals surface area contributed by atoms with Crippen molar-refractivity contribution < 1.29 is 8.42 Å². The van der Waals surface area contributed by atoms with Gasteiger partial charge in [-0.25, -0.2) is 4.72 Å². The van der Waals surface area contributed by atoms with Gasteiger partial charge in [0, 0.05) is 25.5 Å². The molecule has 1 saturated carbocycles. The summed E-state index contributed by atoms with van der Waals surface area (Å²) in [6.45, 7) is 1.81. The van der Waals surface area contributed by atoms with Gasteiger partial charge in [-0.05, 0) is 31.1 Å². The lowest BCUT2D eigenvalue weighted by Crippen LogP contribution is -2.45. The average molecular weight is 267 g/mol. The maximum absolute atomic E-state index is 11.9. The van der Waals surface area contributed by atoms with Crippen LogP contribution >= 0.6 is 11.6 Å². The molecule has 0 aromatic heterocycles. The fourth-order valence-electron chi connectivity index (χ4n) is 1.98. The first kappa shape index (κ1) is 12.6. The topological polar surface area (TPSA) is 49.4 Å². The molecule has 2 fully saturated rings. The minimum absolute atomic E-state index is 0.0460. The minimum atomic E-state index is -3.26. The fraction of sp³-hybridized carbons (Fsp3) is 1.00. The number of alkyl halides is 1. The third kappa shape index (κ3) is 2.88. The molecule has 0 aromatic rings. The third-order valence-corrected chi connectivity index (χ3v) is 5.65. The highest BCUT2D eigenvalue weighted by molar-refractivity contribution is 7.87. The van der Waals surface area contributed by atoms with Gasteiger partial charge in [-0.1, -0.05) is 6.42 Å². The molecule has 1 aliphatic carbocycles. The molecule has 2 aliphatic rings. The molecule has 1 saturated heterocycles. The SMILES string of the molecule is O=S(=O)(NCC1(CCl)CC1)N1CCCCC1. The van der Waals surface area contributed by atoms with Crippen molar-refractivity contribution in [2.75, 3.05) is 25.5 Å². The summed E-state index contributed by atoms with van der Waals surface area (Å²) in [5.74, 6) is 0.551. The van der Waals surface area contributed by atoms with Crippen molar-refractivity contribution in [3.8, 4) is 0 Å². The second kappa shape index (κ2) is 4.80. The van der Waals surface area contributed by atoms with Crippen LogP contribution in [0.3, 0.4) is 0 Å². The summed E-state index contributed by atoms with van der Waals surface area (Å²) in [6.07, 6.45) is 5.17. The van der Waals surface area contributed by atoms with Crippen LogP contribution in [0.15, 0.2) is 0 Å². The molecule has 6 heteroatoms. The molecule has 94 valence electrons. The highest BCUT2D eigenvalue weighted by Gasteiger charge is 2.42. The molecule has 2 rings (SSSR count). The van der Waals surface area contributed by atoms with Gasteiger partial charge in [0.2, 0.25) is 0 Å². The van der Waals surface area contributed by atoms with Crippen molar-refractivity contribution in [1.82, 2.24) is 9.03 Å². The van der Waals surface area contributed by atoms with Gasteiger partial charge in [0.25, 0.3) is 10.2 Å². The van der Waals surface area contributed by atoms with Gasteiger partial charge in [-0.15, -0.1) is 11.6 Å². The van der Waals surface area contributed by atoms with E-state index in [1.807, 2.05) is 0 Å². The predicted molar refractivity (Wildman–Crippen MR) is 64.7 cm³/mol. The molecule has 4 nitrogen and oxygen atoms in total. The van der Waals surface area contributed by atoms with Gasteiger partial charge in [-0.3, -0.25) is 0 Å². The van der Waals surface area contributed by atoms with E-state index in [-0.39, 0.29) is 5.41 Å². The number of piperidine rings is 1.